The zero-order valence-electron chi connectivity index (χ0n) is 50.7. The van der Waals surface area contributed by atoms with E-state index in [0.717, 1.165) is 67.2 Å². The van der Waals surface area contributed by atoms with E-state index >= 15 is 0 Å². The molecule has 2 aliphatic heterocycles. The quantitative estimate of drug-likeness (QED) is 0.134. The van der Waals surface area contributed by atoms with Crippen molar-refractivity contribution in [1.29, 1.82) is 0 Å². The van der Waals surface area contributed by atoms with Crippen molar-refractivity contribution in [2.75, 3.05) is 14.7 Å². The molecule has 420 valence electrons. The van der Waals surface area contributed by atoms with Gasteiger partial charge in [-0.05, 0) is 175 Å². The number of hydrogen-bond acceptors (Lipinski definition) is 4. The van der Waals surface area contributed by atoms with Crippen molar-refractivity contribution in [2.24, 2.45) is 0 Å². The second kappa shape index (κ2) is 20.9. The van der Waals surface area contributed by atoms with Crippen LogP contribution in [0, 0.1) is 13.8 Å². The molecule has 0 aliphatic carbocycles. The Bertz CT molecular complexity index is 4740. The van der Waals surface area contributed by atoms with E-state index in [2.05, 4.69) is 331 Å². The molecule has 0 saturated carbocycles. The van der Waals surface area contributed by atoms with Gasteiger partial charge in [0.1, 0.15) is 11.2 Å². The van der Waals surface area contributed by atoms with Gasteiger partial charge in [-0.25, -0.2) is 0 Å². The first-order chi connectivity index (χ1) is 42.2. The van der Waals surface area contributed by atoms with Gasteiger partial charge in [-0.15, -0.1) is 0 Å². The Morgan fingerprint density at radius 2 is 0.828 bits per heavy atom. The van der Waals surface area contributed by atoms with E-state index in [9.17, 15) is 0 Å². The highest BCUT2D eigenvalue weighted by atomic mass is 16.3. The summed E-state index contributed by atoms with van der Waals surface area (Å²) < 4.78 is 6.61. The minimum atomic E-state index is -0.207. The summed E-state index contributed by atoms with van der Waals surface area (Å²) in [5.74, 6) is 0. The summed E-state index contributed by atoms with van der Waals surface area (Å²) in [5, 5.41) is 2.25. The Morgan fingerprint density at radius 3 is 1.41 bits per heavy atom. The molecule has 1 aromatic heterocycles. The van der Waals surface area contributed by atoms with Crippen LogP contribution < -0.4 is 31.1 Å². The minimum Gasteiger partial charge on any atom is -0.455 e. The zero-order chi connectivity index (χ0) is 59.3. The van der Waals surface area contributed by atoms with Gasteiger partial charge in [0, 0.05) is 61.8 Å². The van der Waals surface area contributed by atoms with E-state index in [4.69, 9.17) is 4.42 Å². The van der Waals surface area contributed by atoms with Crippen LogP contribution in [-0.4, -0.2) is 6.71 Å². The molecule has 0 radical (unpaired) electrons. The van der Waals surface area contributed by atoms with Crippen LogP contribution in [0.1, 0.15) is 63.8 Å². The predicted molar refractivity (Wildman–Crippen MR) is 371 cm³/mol. The maximum atomic E-state index is 6.61. The third-order valence-electron chi connectivity index (χ3n) is 18.2. The van der Waals surface area contributed by atoms with Gasteiger partial charge in [-0.1, -0.05) is 236 Å². The monoisotopic (exact) mass is 1120 g/mol. The number of para-hydroxylation sites is 2. The largest absolute Gasteiger partial charge is 0.455 e. The van der Waals surface area contributed by atoms with E-state index in [1.807, 2.05) is 6.07 Å². The predicted octanol–water partition coefficient (Wildman–Crippen LogP) is 21.0. The Balaban J connectivity index is 0.977. The lowest BCUT2D eigenvalue weighted by Crippen LogP contribution is -2.61. The maximum absolute atomic E-state index is 6.61. The number of nitrogens with zero attached hydrogens (tertiary/aromatic N) is 3. The van der Waals surface area contributed by atoms with Crippen LogP contribution in [0.5, 0.6) is 0 Å². The topological polar surface area (TPSA) is 22.9 Å². The fourth-order valence-electron chi connectivity index (χ4n) is 13.7. The third kappa shape index (κ3) is 9.32. The summed E-state index contributed by atoms with van der Waals surface area (Å²) in [7, 11) is 0. The lowest BCUT2D eigenvalue weighted by molar-refractivity contribution is 0.589. The average Bonchev–Trinajstić information content (AvgIpc) is 1.23. The Kier molecular flexibility index (Phi) is 12.9. The standard InChI is InChI=1S/C82H68BN3O/c1-53-47-62(81(3,4)5)48-54(2)79(53)84(64-38-31-58(32-39-64)55-21-12-9-13-22-55)67-44-45-71-74(52-67)86(66-40-33-59(34-41-66)56-23-14-10-15-24-56)76-51-63(82(6,7)8)50-75-78(76)83(71)72-49-61(57-25-16-11-17-26-57)37-46-73(72)85(75)65-42-35-60(36-43-65)68-28-20-29-70-69-27-18-19-30-77(69)87-80(68)70/h9-52H,1-8H3. The molecule has 0 amide bonds. The summed E-state index contributed by atoms with van der Waals surface area (Å²) in [6.45, 7) is 18.4. The lowest BCUT2D eigenvalue weighted by Gasteiger charge is -2.45. The molecule has 5 heteroatoms. The van der Waals surface area contributed by atoms with E-state index in [1.165, 1.54) is 89.1 Å². The third-order valence-corrected chi connectivity index (χ3v) is 18.2. The molecular formula is C82H68BN3O. The Morgan fingerprint density at radius 1 is 0.356 bits per heavy atom. The van der Waals surface area contributed by atoms with Crippen molar-refractivity contribution in [3.8, 4) is 44.5 Å². The van der Waals surface area contributed by atoms with Crippen molar-refractivity contribution in [3.05, 3.63) is 289 Å². The van der Waals surface area contributed by atoms with Crippen molar-refractivity contribution in [1.82, 2.24) is 0 Å². The van der Waals surface area contributed by atoms with E-state index in [0.29, 0.717) is 0 Å². The number of anilines is 9. The lowest BCUT2D eigenvalue weighted by atomic mass is 9.33. The Labute approximate surface area is 512 Å². The molecule has 0 saturated heterocycles. The molecule has 0 unspecified atom stereocenters. The van der Waals surface area contributed by atoms with Crippen LogP contribution in [0.25, 0.3) is 66.4 Å². The van der Waals surface area contributed by atoms with E-state index in [-0.39, 0.29) is 17.5 Å². The summed E-state index contributed by atoms with van der Waals surface area (Å²) in [5.41, 5.74) is 30.0. The average molecular weight is 1120 g/mol. The van der Waals surface area contributed by atoms with Crippen LogP contribution >= 0.6 is 0 Å². The van der Waals surface area contributed by atoms with Crippen LogP contribution in [-0.2, 0) is 10.8 Å². The minimum absolute atomic E-state index is 0.0160. The molecule has 4 nitrogen and oxygen atoms in total. The summed E-state index contributed by atoms with van der Waals surface area (Å²) in [4.78, 5) is 7.64. The molecule has 3 heterocycles. The number of fused-ring (bicyclic) bond motifs is 7. The van der Waals surface area contributed by atoms with Crippen LogP contribution in [0.3, 0.4) is 0 Å². The highest BCUT2D eigenvalue weighted by Gasteiger charge is 2.45. The molecule has 87 heavy (non-hydrogen) atoms. The molecule has 12 aromatic carbocycles. The number of rotatable bonds is 9. The second-order valence-electron chi connectivity index (χ2n) is 25.9. The van der Waals surface area contributed by atoms with Gasteiger partial charge in [0.15, 0.2) is 0 Å². The smallest absolute Gasteiger partial charge is 0.252 e. The molecular weight excluding hydrogens is 1050 g/mol. The van der Waals surface area contributed by atoms with Gasteiger partial charge in [0.05, 0.1) is 5.69 Å². The van der Waals surface area contributed by atoms with Crippen LogP contribution in [0.2, 0.25) is 0 Å². The molecule has 0 bridgehead atoms. The van der Waals surface area contributed by atoms with E-state index in [1.54, 1.807) is 0 Å². The number of furan rings is 1. The van der Waals surface area contributed by atoms with Crippen molar-refractivity contribution in [2.45, 2.75) is 66.2 Å². The zero-order valence-corrected chi connectivity index (χ0v) is 50.7. The number of hydrogen-bond donors (Lipinski definition) is 0. The number of benzene rings is 12. The first-order valence-corrected chi connectivity index (χ1v) is 30.6. The van der Waals surface area contributed by atoms with Gasteiger partial charge in [0.2, 0.25) is 0 Å². The van der Waals surface area contributed by atoms with Gasteiger partial charge >= 0.3 is 0 Å². The van der Waals surface area contributed by atoms with Gasteiger partial charge in [-0.2, -0.15) is 0 Å². The number of aryl methyl sites for hydroxylation is 2. The Hall–Kier alpha value is -10.1. The van der Waals surface area contributed by atoms with Gasteiger partial charge in [-0.3, -0.25) is 0 Å². The summed E-state index contributed by atoms with van der Waals surface area (Å²) in [6, 6.07) is 99.1. The van der Waals surface area contributed by atoms with Crippen molar-refractivity contribution < 1.29 is 4.42 Å². The molecule has 0 spiro atoms. The van der Waals surface area contributed by atoms with E-state index < -0.39 is 0 Å². The maximum Gasteiger partial charge on any atom is 0.252 e. The highest BCUT2D eigenvalue weighted by Crippen LogP contribution is 2.50. The fraction of sp³-hybridized carbons (Fsp3) is 0.122. The molecule has 2 aliphatic rings. The molecule has 13 aromatic rings. The van der Waals surface area contributed by atoms with Crippen molar-refractivity contribution in [3.63, 3.8) is 0 Å². The second-order valence-corrected chi connectivity index (χ2v) is 25.9. The SMILES string of the molecule is Cc1cc(C(C)(C)C)cc(C)c1N(c1ccc(-c2ccccc2)cc1)c1ccc2c(c1)N(c1ccc(-c3ccccc3)cc1)c1cc(C(C)(C)C)cc3c1B2c1cc(-c2ccccc2)ccc1N3c1ccc(-c2cccc3c2oc2ccccc23)cc1. The summed E-state index contributed by atoms with van der Waals surface area (Å²) >= 11 is 0. The van der Waals surface area contributed by atoms with Gasteiger partial charge in [0.25, 0.3) is 6.71 Å². The first-order valence-electron chi connectivity index (χ1n) is 30.6. The molecule has 15 rings (SSSR count). The summed E-state index contributed by atoms with van der Waals surface area (Å²) in [6.07, 6.45) is 0. The van der Waals surface area contributed by atoms with Gasteiger partial charge < -0.3 is 19.1 Å². The highest BCUT2D eigenvalue weighted by molar-refractivity contribution is 7.00. The molecule has 0 N–H and O–H groups in total. The van der Waals surface area contributed by atoms with Crippen LogP contribution in [0.15, 0.2) is 271 Å². The normalized spacial score (nSPS) is 12.8. The van der Waals surface area contributed by atoms with Crippen LogP contribution in [0.4, 0.5) is 51.2 Å². The molecule has 0 atom stereocenters. The fourth-order valence-corrected chi connectivity index (χ4v) is 13.7. The molecule has 0 fully saturated rings. The van der Waals surface area contributed by atoms with Crippen molar-refractivity contribution >= 4 is 96.2 Å². The first kappa shape index (κ1) is 53.6.